The van der Waals surface area contributed by atoms with E-state index < -0.39 is 0 Å². The summed E-state index contributed by atoms with van der Waals surface area (Å²) in [6.45, 7) is 4.53. The Kier molecular flexibility index (Phi) is 8.76. The molecular formula is C30H44N4O3. The molecule has 0 radical (unpaired) electrons. The normalized spacial score (nSPS) is 25.7. The van der Waals surface area contributed by atoms with Crippen LogP contribution >= 0.6 is 0 Å². The van der Waals surface area contributed by atoms with Crippen molar-refractivity contribution in [3.05, 3.63) is 23.8 Å². The van der Waals surface area contributed by atoms with Gasteiger partial charge in [0.05, 0.1) is 25.2 Å². The lowest BCUT2D eigenvalue weighted by molar-refractivity contribution is 0.0255. The molecule has 1 atom stereocenters. The second-order valence-electron chi connectivity index (χ2n) is 11.7. The highest BCUT2D eigenvalue weighted by Gasteiger charge is 2.32. The minimum atomic E-state index is -0.190. The molecule has 1 aromatic carbocycles. The van der Waals surface area contributed by atoms with E-state index in [0.29, 0.717) is 18.0 Å². The zero-order chi connectivity index (χ0) is 25.6. The zero-order valence-corrected chi connectivity index (χ0v) is 22.4. The van der Waals surface area contributed by atoms with Crippen LogP contribution in [0.5, 0.6) is 5.75 Å². The van der Waals surface area contributed by atoms with Gasteiger partial charge in [-0.05, 0) is 101 Å². The Morgan fingerprint density at radius 1 is 1.03 bits per heavy atom. The zero-order valence-electron chi connectivity index (χ0n) is 22.4. The van der Waals surface area contributed by atoms with Gasteiger partial charge in [-0.25, -0.2) is 4.79 Å². The van der Waals surface area contributed by atoms with Crippen LogP contribution in [0.15, 0.2) is 18.2 Å². The topological polar surface area (TPSA) is 86.6 Å². The molecule has 1 heterocycles. The largest absolute Gasteiger partial charge is 0.490 e. The first-order chi connectivity index (χ1) is 18.1. The fourth-order valence-corrected chi connectivity index (χ4v) is 6.15. The summed E-state index contributed by atoms with van der Waals surface area (Å²) in [5, 5.41) is 16.2. The molecule has 2 N–H and O–H groups in total. The van der Waals surface area contributed by atoms with E-state index in [-0.39, 0.29) is 24.1 Å². The first-order valence-corrected chi connectivity index (χ1v) is 14.7. The van der Waals surface area contributed by atoms with Gasteiger partial charge in [0.1, 0.15) is 11.9 Å². The summed E-state index contributed by atoms with van der Waals surface area (Å²) >= 11 is 0. The molecule has 1 saturated heterocycles. The standard InChI is InChI=1S/C30H44N4O3/c1-21(19-31)28-18-27(37-26-14-16-36-17-15-26)12-13-29(28)34(25-6-3-7-25)20-22-8-10-24(11-9-22)33-30(35)32-23-4-2-5-23/h12-13,18,21-26H,2-11,14-17,20H2,1H3,(H2,32,33,35). The molecule has 3 saturated carbocycles. The van der Waals surface area contributed by atoms with Crippen LogP contribution in [0.3, 0.4) is 0 Å². The summed E-state index contributed by atoms with van der Waals surface area (Å²) in [4.78, 5) is 14.9. The molecule has 202 valence electrons. The maximum Gasteiger partial charge on any atom is 0.315 e. The van der Waals surface area contributed by atoms with E-state index in [2.05, 4.69) is 39.8 Å². The number of nitrogens with one attached hydrogen (secondary N) is 2. The highest BCUT2D eigenvalue weighted by atomic mass is 16.5. The lowest BCUT2D eigenvalue weighted by Crippen LogP contribution is -2.50. The second-order valence-corrected chi connectivity index (χ2v) is 11.7. The van der Waals surface area contributed by atoms with Crippen LogP contribution in [0.2, 0.25) is 0 Å². The number of hydrogen-bond donors (Lipinski definition) is 2. The number of carbonyl (C=O) groups excluding carboxylic acids is 1. The number of amides is 2. The predicted molar refractivity (Wildman–Crippen MR) is 145 cm³/mol. The molecule has 1 aliphatic heterocycles. The van der Waals surface area contributed by atoms with Crippen LogP contribution in [-0.2, 0) is 4.74 Å². The molecule has 7 heteroatoms. The van der Waals surface area contributed by atoms with Crippen molar-refractivity contribution < 1.29 is 14.3 Å². The van der Waals surface area contributed by atoms with Gasteiger partial charge in [-0.2, -0.15) is 5.26 Å². The van der Waals surface area contributed by atoms with Crippen molar-refractivity contribution in [3.63, 3.8) is 0 Å². The number of ether oxygens (including phenoxy) is 2. The third-order valence-corrected chi connectivity index (χ3v) is 9.03. The van der Waals surface area contributed by atoms with Crippen molar-refractivity contribution >= 4 is 11.7 Å². The van der Waals surface area contributed by atoms with Crippen molar-refractivity contribution in [3.8, 4) is 11.8 Å². The Bertz CT molecular complexity index is 941. The number of rotatable bonds is 9. The SMILES string of the molecule is CC(C#N)c1cc(OC2CCOCC2)ccc1N(CC1CCC(NC(=O)NC2CCC2)CC1)C1CCC1. The van der Waals surface area contributed by atoms with Gasteiger partial charge >= 0.3 is 6.03 Å². The molecule has 0 spiro atoms. The van der Waals surface area contributed by atoms with Crippen molar-refractivity contribution in [1.29, 1.82) is 5.26 Å². The Balaban J connectivity index is 1.23. The average Bonchev–Trinajstić information content (AvgIpc) is 2.86. The Hall–Kier alpha value is -2.46. The average molecular weight is 509 g/mol. The minimum absolute atomic E-state index is 0.0161. The van der Waals surface area contributed by atoms with Crippen molar-refractivity contribution in [2.45, 2.75) is 114 Å². The molecule has 0 aromatic heterocycles. The number of nitrogens with zero attached hydrogens (tertiary/aromatic N) is 2. The summed E-state index contributed by atoms with van der Waals surface area (Å²) < 4.78 is 11.8. The van der Waals surface area contributed by atoms with E-state index in [1.54, 1.807) is 0 Å². The van der Waals surface area contributed by atoms with Gasteiger partial charge in [0.25, 0.3) is 0 Å². The highest BCUT2D eigenvalue weighted by molar-refractivity contribution is 5.74. The molecule has 4 aliphatic rings. The lowest BCUT2D eigenvalue weighted by Gasteiger charge is -2.43. The quantitative estimate of drug-likeness (QED) is 0.451. The molecule has 1 aromatic rings. The van der Waals surface area contributed by atoms with Gasteiger partial charge in [-0.15, -0.1) is 0 Å². The van der Waals surface area contributed by atoms with Gasteiger partial charge in [0.15, 0.2) is 0 Å². The fraction of sp³-hybridized carbons (Fsp3) is 0.733. The van der Waals surface area contributed by atoms with E-state index >= 15 is 0 Å². The number of anilines is 1. The van der Waals surface area contributed by atoms with Gasteiger partial charge in [0, 0.05) is 43.2 Å². The lowest BCUT2D eigenvalue weighted by atomic mass is 9.83. The number of benzene rings is 1. The van der Waals surface area contributed by atoms with Gasteiger partial charge < -0.3 is 25.0 Å². The number of carbonyl (C=O) groups is 1. The molecule has 5 rings (SSSR count). The molecule has 37 heavy (non-hydrogen) atoms. The van der Waals surface area contributed by atoms with Crippen molar-refractivity contribution in [2.75, 3.05) is 24.7 Å². The molecule has 7 nitrogen and oxygen atoms in total. The molecule has 1 unspecified atom stereocenters. The second kappa shape index (κ2) is 12.4. The first-order valence-electron chi connectivity index (χ1n) is 14.7. The van der Waals surface area contributed by atoms with E-state index in [4.69, 9.17) is 9.47 Å². The van der Waals surface area contributed by atoms with Crippen LogP contribution in [-0.4, -0.2) is 50.0 Å². The van der Waals surface area contributed by atoms with E-state index in [1.165, 1.54) is 31.4 Å². The summed E-state index contributed by atoms with van der Waals surface area (Å²) in [6, 6.07) is 10.1. The Labute approximate surface area is 222 Å². The number of urea groups is 1. The van der Waals surface area contributed by atoms with Crippen LogP contribution in [0.4, 0.5) is 10.5 Å². The summed E-state index contributed by atoms with van der Waals surface area (Å²) in [6.07, 6.45) is 13.6. The van der Waals surface area contributed by atoms with Crippen LogP contribution in [0.1, 0.15) is 95.5 Å². The molecule has 2 amide bonds. The number of nitriles is 1. The molecular weight excluding hydrogens is 464 g/mol. The van der Waals surface area contributed by atoms with Crippen molar-refractivity contribution in [2.24, 2.45) is 5.92 Å². The summed E-state index contributed by atoms with van der Waals surface area (Å²) in [7, 11) is 0. The van der Waals surface area contributed by atoms with E-state index in [9.17, 15) is 10.1 Å². The van der Waals surface area contributed by atoms with Gasteiger partial charge in [-0.3, -0.25) is 0 Å². The van der Waals surface area contributed by atoms with E-state index in [0.717, 1.165) is 82.4 Å². The Morgan fingerprint density at radius 2 is 1.70 bits per heavy atom. The van der Waals surface area contributed by atoms with E-state index in [1.807, 2.05) is 6.92 Å². The van der Waals surface area contributed by atoms with Crippen molar-refractivity contribution in [1.82, 2.24) is 10.6 Å². The van der Waals surface area contributed by atoms with Crippen LogP contribution in [0.25, 0.3) is 0 Å². The van der Waals surface area contributed by atoms with Crippen LogP contribution in [0, 0.1) is 17.2 Å². The third-order valence-electron chi connectivity index (χ3n) is 9.03. The predicted octanol–water partition coefficient (Wildman–Crippen LogP) is 5.64. The van der Waals surface area contributed by atoms with Gasteiger partial charge in [-0.1, -0.05) is 0 Å². The minimum Gasteiger partial charge on any atom is -0.490 e. The maximum atomic E-state index is 12.3. The summed E-state index contributed by atoms with van der Waals surface area (Å²) in [5.41, 5.74) is 2.29. The molecule has 3 aliphatic carbocycles. The summed E-state index contributed by atoms with van der Waals surface area (Å²) in [5.74, 6) is 1.29. The monoisotopic (exact) mass is 508 g/mol. The van der Waals surface area contributed by atoms with Crippen LogP contribution < -0.4 is 20.3 Å². The van der Waals surface area contributed by atoms with Gasteiger partial charge in [0.2, 0.25) is 0 Å². The maximum absolute atomic E-state index is 12.3. The Morgan fingerprint density at radius 3 is 2.30 bits per heavy atom. The molecule has 0 bridgehead atoms. The first kappa shape index (κ1) is 26.2. The smallest absolute Gasteiger partial charge is 0.315 e. The highest BCUT2D eigenvalue weighted by Crippen LogP contribution is 2.39. The third kappa shape index (κ3) is 6.71. The fourth-order valence-electron chi connectivity index (χ4n) is 6.15. The molecule has 4 fully saturated rings. The number of hydrogen-bond acceptors (Lipinski definition) is 5.